The topological polar surface area (TPSA) is 50.1 Å². The van der Waals surface area contributed by atoms with E-state index < -0.39 is 17.7 Å². The Hall–Kier alpha value is -2.81. The van der Waals surface area contributed by atoms with E-state index in [1.807, 2.05) is 0 Å². The van der Waals surface area contributed by atoms with Gasteiger partial charge in [-0.25, -0.2) is 4.79 Å². The zero-order chi connectivity index (χ0) is 16.2. The lowest BCUT2D eigenvalue weighted by molar-refractivity contribution is -0.137. The number of nitriles is 1. The number of esters is 1. The third-order valence-corrected chi connectivity index (χ3v) is 2.94. The summed E-state index contributed by atoms with van der Waals surface area (Å²) in [6.45, 7) is -0.389. The molecule has 6 heteroatoms. The van der Waals surface area contributed by atoms with Crippen molar-refractivity contribution in [2.75, 3.05) is 6.61 Å². The van der Waals surface area contributed by atoms with Crippen molar-refractivity contribution in [2.45, 2.75) is 6.18 Å². The van der Waals surface area contributed by atoms with E-state index in [-0.39, 0.29) is 12.2 Å². The fourth-order valence-electron chi connectivity index (χ4n) is 1.93. The van der Waals surface area contributed by atoms with E-state index in [9.17, 15) is 18.0 Å². The van der Waals surface area contributed by atoms with Gasteiger partial charge in [0.15, 0.2) is 6.61 Å². The van der Waals surface area contributed by atoms with Crippen molar-refractivity contribution in [1.82, 2.24) is 0 Å². The quantitative estimate of drug-likeness (QED) is 0.804. The minimum atomic E-state index is -4.41. The Labute approximate surface area is 124 Å². The molecule has 0 saturated heterocycles. The highest BCUT2D eigenvalue weighted by Crippen LogP contribution is 2.31. The van der Waals surface area contributed by atoms with Gasteiger partial charge in [-0.1, -0.05) is 30.3 Å². The van der Waals surface area contributed by atoms with E-state index in [4.69, 9.17) is 10.00 Å². The van der Waals surface area contributed by atoms with Crippen molar-refractivity contribution in [3.63, 3.8) is 0 Å². The summed E-state index contributed by atoms with van der Waals surface area (Å²) in [4.78, 5) is 11.9. The molecule has 0 aromatic heterocycles. The molecule has 0 spiro atoms. The highest BCUT2D eigenvalue weighted by atomic mass is 19.4. The third-order valence-electron chi connectivity index (χ3n) is 2.94. The molecule has 0 unspecified atom stereocenters. The van der Waals surface area contributed by atoms with Gasteiger partial charge in [-0.15, -0.1) is 0 Å². The van der Waals surface area contributed by atoms with Crippen molar-refractivity contribution in [2.24, 2.45) is 0 Å². The lowest BCUT2D eigenvalue weighted by Crippen LogP contribution is -2.07. The number of halogens is 3. The number of carbonyl (C=O) groups is 1. The highest BCUT2D eigenvalue weighted by molar-refractivity contribution is 5.97. The maximum absolute atomic E-state index is 12.6. The van der Waals surface area contributed by atoms with Crippen LogP contribution in [0.5, 0.6) is 0 Å². The first-order chi connectivity index (χ1) is 10.4. The Morgan fingerprint density at radius 1 is 1.09 bits per heavy atom. The highest BCUT2D eigenvalue weighted by Gasteiger charge is 2.30. The molecule has 0 aliphatic rings. The second-order valence-corrected chi connectivity index (χ2v) is 4.35. The first-order valence-corrected chi connectivity index (χ1v) is 6.24. The number of benzene rings is 2. The van der Waals surface area contributed by atoms with E-state index in [2.05, 4.69) is 0 Å². The fourth-order valence-corrected chi connectivity index (χ4v) is 1.93. The molecule has 0 aliphatic carbocycles. The molecule has 2 rings (SSSR count). The molecule has 0 bridgehead atoms. The first-order valence-electron chi connectivity index (χ1n) is 6.24. The van der Waals surface area contributed by atoms with Crippen LogP contribution in [-0.4, -0.2) is 12.6 Å². The molecule has 0 aliphatic heterocycles. The van der Waals surface area contributed by atoms with Crippen LogP contribution in [0.3, 0.4) is 0 Å². The number of ether oxygens (including phenoxy) is 1. The van der Waals surface area contributed by atoms with Gasteiger partial charge in [0.25, 0.3) is 0 Å². The zero-order valence-electron chi connectivity index (χ0n) is 11.2. The molecule has 112 valence electrons. The number of carbonyl (C=O) groups excluding carboxylic acids is 1. The molecule has 22 heavy (non-hydrogen) atoms. The summed E-state index contributed by atoms with van der Waals surface area (Å²) in [7, 11) is 0. The maximum Gasteiger partial charge on any atom is 0.416 e. The number of hydrogen-bond donors (Lipinski definition) is 0. The van der Waals surface area contributed by atoms with Crippen LogP contribution in [0, 0.1) is 11.3 Å². The maximum atomic E-state index is 12.6. The largest absolute Gasteiger partial charge is 0.447 e. The number of rotatable bonds is 3. The minimum absolute atomic E-state index is 0.192. The fraction of sp³-hybridized carbons (Fsp3) is 0.125. The molecule has 2 aromatic carbocycles. The smallest absolute Gasteiger partial charge is 0.416 e. The van der Waals surface area contributed by atoms with Gasteiger partial charge in [0, 0.05) is 0 Å². The molecular formula is C16H10F3NO2. The Morgan fingerprint density at radius 3 is 2.32 bits per heavy atom. The number of alkyl halides is 3. The summed E-state index contributed by atoms with van der Waals surface area (Å²) in [6.07, 6.45) is -4.41. The van der Waals surface area contributed by atoms with E-state index in [1.54, 1.807) is 24.3 Å². The van der Waals surface area contributed by atoms with Crippen molar-refractivity contribution in [3.8, 4) is 17.2 Å². The van der Waals surface area contributed by atoms with Gasteiger partial charge < -0.3 is 4.74 Å². The van der Waals surface area contributed by atoms with Crippen molar-refractivity contribution < 1.29 is 22.7 Å². The van der Waals surface area contributed by atoms with Gasteiger partial charge in [0.1, 0.15) is 6.07 Å². The molecule has 0 heterocycles. The summed E-state index contributed by atoms with van der Waals surface area (Å²) in [5, 5.41) is 8.42. The Morgan fingerprint density at radius 2 is 1.73 bits per heavy atom. The summed E-state index contributed by atoms with van der Waals surface area (Å²) < 4.78 is 42.4. The Balaban J connectivity index is 2.37. The summed E-state index contributed by atoms with van der Waals surface area (Å²) in [5.74, 6) is -0.697. The molecule has 0 fully saturated rings. The van der Waals surface area contributed by atoms with Crippen LogP contribution in [0.4, 0.5) is 13.2 Å². The van der Waals surface area contributed by atoms with Gasteiger partial charge >= 0.3 is 12.1 Å². The van der Waals surface area contributed by atoms with Gasteiger partial charge in [0.05, 0.1) is 11.1 Å². The Kier molecular flexibility index (Phi) is 4.47. The van der Waals surface area contributed by atoms with E-state index >= 15 is 0 Å². The molecule has 0 radical (unpaired) electrons. The van der Waals surface area contributed by atoms with Crippen LogP contribution < -0.4 is 0 Å². The second-order valence-electron chi connectivity index (χ2n) is 4.35. The van der Waals surface area contributed by atoms with Gasteiger partial charge in [-0.3, -0.25) is 0 Å². The van der Waals surface area contributed by atoms with Gasteiger partial charge in [-0.05, 0) is 29.3 Å². The second kappa shape index (κ2) is 6.31. The molecule has 3 nitrogen and oxygen atoms in total. The SMILES string of the molecule is N#CCOC(=O)c1ccccc1-c1ccc(C(F)(F)F)cc1. The van der Waals surface area contributed by atoms with Crippen LogP contribution in [0.2, 0.25) is 0 Å². The lowest BCUT2D eigenvalue weighted by Gasteiger charge is -2.10. The minimum Gasteiger partial charge on any atom is -0.447 e. The monoisotopic (exact) mass is 305 g/mol. The predicted molar refractivity (Wildman–Crippen MR) is 72.8 cm³/mol. The predicted octanol–water partition coefficient (Wildman–Crippen LogP) is 4.05. The van der Waals surface area contributed by atoms with E-state index in [1.165, 1.54) is 18.2 Å². The van der Waals surface area contributed by atoms with Crippen molar-refractivity contribution >= 4 is 5.97 Å². The molecule has 0 amide bonds. The first kappa shape index (κ1) is 15.6. The number of nitrogens with zero attached hydrogens (tertiary/aromatic N) is 1. The van der Waals surface area contributed by atoms with Crippen LogP contribution in [0.1, 0.15) is 15.9 Å². The molecular weight excluding hydrogens is 295 g/mol. The molecule has 0 saturated carbocycles. The molecule has 0 N–H and O–H groups in total. The standard InChI is InChI=1S/C16H10F3NO2/c17-16(18,19)12-7-5-11(6-8-12)13-3-1-2-4-14(13)15(21)22-10-9-20/h1-8H,10H2. The Bertz CT molecular complexity index is 715. The average molecular weight is 305 g/mol. The van der Waals surface area contributed by atoms with Crippen LogP contribution in [0.25, 0.3) is 11.1 Å². The van der Waals surface area contributed by atoms with Crippen molar-refractivity contribution in [3.05, 3.63) is 59.7 Å². The molecule has 2 aromatic rings. The molecule has 0 atom stereocenters. The lowest BCUT2D eigenvalue weighted by atomic mass is 9.98. The summed E-state index contributed by atoms with van der Waals surface area (Å²) in [6, 6.07) is 12.5. The van der Waals surface area contributed by atoms with Crippen molar-refractivity contribution in [1.29, 1.82) is 5.26 Å². The van der Waals surface area contributed by atoms with Gasteiger partial charge in [0.2, 0.25) is 0 Å². The van der Waals surface area contributed by atoms with Gasteiger partial charge in [-0.2, -0.15) is 18.4 Å². The zero-order valence-corrected chi connectivity index (χ0v) is 11.2. The van der Waals surface area contributed by atoms with Crippen LogP contribution >= 0.6 is 0 Å². The number of hydrogen-bond acceptors (Lipinski definition) is 3. The third kappa shape index (κ3) is 3.44. The normalized spacial score (nSPS) is 10.8. The summed E-state index contributed by atoms with van der Waals surface area (Å²) in [5.41, 5.74) is 0.329. The van der Waals surface area contributed by atoms with Crippen LogP contribution in [-0.2, 0) is 10.9 Å². The summed E-state index contributed by atoms with van der Waals surface area (Å²) >= 11 is 0. The average Bonchev–Trinajstić information content (AvgIpc) is 2.52. The van der Waals surface area contributed by atoms with E-state index in [0.717, 1.165) is 12.1 Å². The van der Waals surface area contributed by atoms with Crippen LogP contribution in [0.15, 0.2) is 48.5 Å². The van der Waals surface area contributed by atoms with E-state index in [0.29, 0.717) is 11.1 Å².